The minimum Gasteiger partial charge on any atom is -0.377 e. The van der Waals surface area contributed by atoms with Gasteiger partial charge in [0.15, 0.2) is 0 Å². The Bertz CT molecular complexity index is 1100. The minimum atomic E-state index is -0.111. The van der Waals surface area contributed by atoms with Gasteiger partial charge in [0.05, 0.1) is 5.52 Å². The first-order valence-electron chi connectivity index (χ1n) is 12.5. The number of para-hydroxylation sites is 2. The average molecular weight is 460 g/mol. The van der Waals surface area contributed by atoms with E-state index in [0.29, 0.717) is 18.5 Å². The number of aromatic nitrogens is 1. The molecule has 4 rings (SSSR count). The molecule has 0 unspecified atom stereocenters. The highest BCUT2D eigenvalue weighted by Crippen LogP contribution is 2.30. The molecule has 1 aliphatic rings. The van der Waals surface area contributed by atoms with Gasteiger partial charge in [-0.05, 0) is 55.7 Å². The highest BCUT2D eigenvalue weighted by atomic mass is 16.2. The van der Waals surface area contributed by atoms with E-state index in [1.165, 1.54) is 16.6 Å². The molecule has 1 heterocycles. The van der Waals surface area contributed by atoms with Gasteiger partial charge < -0.3 is 20.9 Å². The van der Waals surface area contributed by atoms with Crippen molar-refractivity contribution >= 4 is 34.1 Å². The first-order valence-corrected chi connectivity index (χ1v) is 12.5. The van der Waals surface area contributed by atoms with Gasteiger partial charge in [0.2, 0.25) is 0 Å². The lowest BCUT2D eigenvalue weighted by molar-refractivity contribution is 0.246. The van der Waals surface area contributed by atoms with E-state index >= 15 is 0 Å². The molecule has 180 valence electrons. The number of benzene rings is 2. The van der Waals surface area contributed by atoms with Gasteiger partial charge in [-0.3, -0.25) is 0 Å². The van der Waals surface area contributed by atoms with Crippen molar-refractivity contribution in [3.05, 3.63) is 60.2 Å². The molecule has 34 heavy (non-hydrogen) atoms. The molecule has 0 atom stereocenters. The van der Waals surface area contributed by atoms with Crippen molar-refractivity contribution < 1.29 is 4.79 Å². The molecule has 6 nitrogen and oxygen atoms in total. The Morgan fingerprint density at radius 2 is 1.76 bits per heavy atom. The number of rotatable bonds is 8. The number of nitrogens with zero attached hydrogens (tertiary/aromatic N) is 2. The molecule has 0 aliphatic heterocycles. The highest BCUT2D eigenvalue weighted by molar-refractivity contribution is 5.93. The molecule has 3 N–H and O–H groups in total. The van der Waals surface area contributed by atoms with E-state index in [4.69, 9.17) is 4.98 Å². The van der Waals surface area contributed by atoms with E-state index in [0.717, 1.165) is 55.5 Å². The molecule has 2 aromatic carbocycles. The molecule has 0 radical (unpaired) electrons. The molecule has 2 amide bonds. The van der Waals surface area contributed by atoms with Gasteiger partial charge in [-0.2, -0.15) is 0 Å². The number of aryl methyl sites for hydroxylation is 1. The van der Waals surface area contributed by atoms with Gasteiger partial charge in [0.1, 0.15) is 5.82 Å². The Kier molecular flexibility index (Phi) is 7.88. The number of fused-ring (bicyclic) bond motifs is 1. The number of nitrogens with one attached hydrogen (secondary N) is 3. The van der Waals surface area contributed by atoms with E-state index in [2.05, 4.69) is 72.2 Å². The predicted molar refractivity (Wildman–Crippen MR) is 143 cm³/mol. The fraction of sp³-hybridized carbons (Fsp3) is 0.429. The maximum atomic E-state index is 12.5. The average Bonchev–Trinajstić information content (AvgIpc) is 2.84. The van der Waals surface area contributed by atoms with Crippen LogP contribution in [0.25, 0.3) is 10.9 Å². The lowest BCUT2D eigenvalue weighted by Crippen LogP contribution is -2.36. The van der Waals surface area contributed by atoms with Gasteiger partial charge in [0, 0.05) is 49.5 Å². The quantitative estimate of drug-likeness (QED) is 0.384. The van der Waals surface area contributed by atoms with Crippen LogP contribution in [0.3, 0.4) is 0 Å². The minimum absolute atomic E-state index is 0.111. The molecular weight excluding hydrogens is 422 g/mol. The Morgan fingerprint density at radius 1 is 1.03 bits per heavy atom. The summed E-state index contributed by atoms with van der Waals surface area (Å²) in [7, 11) is 4.14. The second-order valence-electron chi connectivity index (χ2n) is 9.54. The summed E-state index contributed by atoms with van der Waals surface area (Å²) in [5.41, 5.74) is 4.29. The van der Waals surface area contributed by atoms with Crippen LogP contribution >= 0.6 is 0 Å². The predicted octanol–water partition coefficient (Wildman–Crippen LogP) is 6.05. The van der Waals surface area contributed by atoms with Crippen LogP contribution in [0.5, 0.6) is 0 Å². The van der Waals surface area contributed by atoms with E-state index in [9.17, 15) is 4.79 Å². The van der Waals surface area contributed by atoms with Gasteiger partial charge in [0.25, 0.3) is 0 Å². The molecule has 1 aromatic heterocycles. The number of anilines is 3. The van der Waals surface area contributed by atoms with Crippen molar-refractivity contribution in [2.24, 2.45) is 5.92 Å². The molecule has 0 saturated heterocycles. The summed E-state index contributed by atoms with van der Waals surface area (Å²) >= 11 is 0. The summed E-state index contributed by atoms with van der Waals surface area (Å²) in [5, 5.41) is 11.0. The van der Waals surface area contributed by atoms with Gasteiger partial charge in [-0.1, -0.05) is 49.7 Å². The summed E-state index contributed by atoms with van der Waals surface area (Å²) < 4.78 is 0. The number of hydrogen-bond donors (Lipinski definition) is 3. The fourth-order valence-corrected chi connectivity index (χ4v) is 4.85. The van der Waals surface area contributed by atoms with E-state index in [1.807, 2.05) is 24.3 Å². The number of carbonyl (C=O) groups excluding carboxylic acids is 1. The summed E-state index contributed by atoms with van der Waals surface area (Å²) in [5.74, 6) is 1.45. The monoisotopic (exact) mass is 459 g/mol. The molecule has 3 aromatic rings. The van der Waals surface area contributed by atoms with Crippen LogP contribution in [-0.4, -0.2) is 37.7 Å². The Labute approximate surface area is 203 Å². The number of urea groups is 1. The van der Waals surface area contributed by atoms with Crippen molar-refractivity contribution in [2.45, 2.75) is 51.5 Å². The second kappa shape index (κ2) is 11.2. The molecule has 1 saturated carbocycles. The molecule has 0 bridgehead atoms. The third-order valence-electron chi connectivity index (χ3n) is 6.71. The Hall–Kier alpha value is -3.28. The molecule has 6 heteroatoms. The number of amides is 2. The van der Waals surface area contributed by atoms with Crippen molar-refractivity contribution in [1.29, 1.82) is 0 Å². The van der Waals surface area contributed by atoms with Crippen molar-refractivity contribution in [1.82, 2.24) is 10.3 Å². The zero-order chi connectivity index (χ0) is 23.9. The fourth-order valence-electron chi connectivity index (χ4n) is 4.85. The maximum Gasteiger partial charge on any atom is 0.319 e. The van der Waals surface area contributed by atoms with E-state index < -0.39 is 0 Å². The lowest BCUT2D eigenvalue weighted by Gasteiger charge is -2.30. The SMILES string of the molecule is CCCc1ccccc1NC(=O)NCC1CCC(Nc2cc(N(C)C)c3ccccc3n2)CC1. The molecule has 1 aliphatic carbocycles. The van der Waals surface area contributed by atoms with Gasteiger partial charge in [-0.25, -0.2) is 9.78 Å². The Morgan fingerprint density at radius 3 is 2.53 bits per heavy atom. The topological polar surface area (TPSA) is 69.3 Å². The van der Waals surface area contributed by atoms with Crippen molar-refractivity contribution in [2.75, 3.05) is 36.2 Å². The standard InChI is InChI=1S/C28H37N5O/c1-4-9-21-10-5-7-12-24(21)32-28(34)29-19-20-14-16-22(17-15-20)30-27-18-26(33(2)3)23-11-6-8-13-25(23)31-27/h5-8,10-13,18,20,22H,4,9,14-17,19H2,1-3H3,(H,30,31)(H2,29,32,34). The zero-order valence-corrected chi connectivity index (χ0v) is 20.6. The van der Waals surface area contributed by atoms with Crippen LogP contribution in [-0.2, 0) is 6.42 Å². The first-order chi connectivity index (χ1) is 16.5. The van der Waals surface area contributed by atoms with Crippen LogP contribution in [0, 0.1) is 5.92 Å². The smallest absolute Gasteiger partial charge is 0.319 e. The van der Waals surface area contributed by atoms with Crippen LogP contribution in [0.1, 0.15) is 44.6 Å². The normalized spacial score (nSPS) is 17.9. The summed E-state index contributed by atoms with van der Waals surface area (Å²) in [6, 6.07) is 18.8. The van der Waals surface area contributed by atoms with E-state index in [1.54, 1.807) is 0 Å². The van der Waals surface area contributed by atoms with Crippen LogP contribution in [0.15, 0.2) is 54.6 Å². The summed E-state index contributed by atoms with van der Waals surface area (Å²) in [6.45, 7) is 2.87. The number of pyridine rings is 1. The maximum absolute atomic E-state index is 12.5. The Balaban J connectivity index is 1.27. The van der Waals surface area contributed by atoms with Gasteiger partial charge >= 0.3 is 6.03 Å². The van der Waals surface area contributed by atoms with Crippen molar-refractivity contribution in [3.8, 4) is 0 Å². The first kappa shape index (κ1) is 23.9. The molecule has 0 spiro atoms. The van der Waals surface area contributed by atoms with Gasteiger partial charge in [-0.15, -0.1) is 0 Å². The number of hydrogen-bond acceptors (Lipinski definition) is 4. The second-order valence-corrected chi connectivity index (χ2v) is 9.54. The molecular formula is C28H37N5O. The zero-order valence-electron chi connectivity index (χ0n) is 20.6. The highest BCUT2D eigenvalue weighted by Gasteiger charge is 2.22. The third kappa shape index (κ3) is 5.99. The van der Waals surface area contributed by atoms with Crippen LogP contribution in [0.2, 0.25) is 0 Å². The number of carbonyl (C=O) groups is 1. The van der Waals surface area contributed by atoms with Crippen molar-refractivity contribution in [3.63, 3.8) is 0 Å². The summed E-state index contributed by atoms with van der Waals surface area (Å²) in [6.07, 6.45) is 6.38. The van der Waals surface area contributed by atoms with Crippen LogP contribution < -0.4 is 20.9 Å². The van der Waals surface area contributed by atoms with Crippen LogP contribution in [0.4, 0.5) is 22.0 Å². The lowest BCUT2D eigenvalue weighted by atomic mass is 9.86. The largest absolute Gasteiger partial charge is 0.377 e. The van der Waals surface area contributed by atoms with E-state index in [-0.39, 0.29) is 6.03 Å². The third-order valence-corrected chi connectivity index (χ3v) is 6.71. The summed E-state index contributed by atoms with van der Waals surface area (Å²) in [4.78, 5) is 19.5. The molecule has 1 fully saturated rings.